The Bertz CT molecular complexity index is 299. The molecule has 0 amide bonds. The second kappa shape index (κ2) is 2.73. The molecule has 0 bridgehead atoms. The summed E-state index contributed by atoms with van der Waals surface area (Å²) in [7, 11) is 0. The van der Waals surface area contributed by atoms with Gasteiger partial charge in [-0.15, -0.1) is 0 Å². The maximum absolute atomic E-state index is 11.1. The van der Waals surface area contributed by atoms with E-state index in [0.717, 1.165) is 5.69 Å². The number of oxazole rings is 1. The summed E-state index contributed by atoms with van der Waals surface area (Å²) in [6.07, 6.45) is 4.45. The molecule has 0 aromatic carbocycles. The molecule has 3 heteroatoms. The van der Waals surface area contributed by atoms with E-state index in [2.05, 4.69) is 4.98 Å². The Morgan fingerprint density at radius 2 is 2.50 bits per heavy atom. The number of nitrogens with zero attached hydrogens (tertiary/aromatic N) is 1. The Kier molecular flexibility index (Phi) is 1.71. The number of Topliss-reactive ketones (excluding diaryl/α,β-unsaturated/α-hetero) is 1. The van der Waals surface area contributed by atoms with E-state index in [0.29, 0.717) is 12.3 Å². The molecule has 1 aromatic heterocycles. The van der Waals surface area contributed by atoms with Gasteiger partial charge in [0, 0.05) is 12.3 Å². The molecule has 12 heavy (non-hydrogen) atoms. The van der Waals surface area contributed by atoms with Gasteiger partial charge in [0.25, 0.3) is 5.89 Å². The van der Waals surface area contributed by atoms with Crippen molar-refractivity contribution in [2.45, 2.75) is 32.1 Å². The van der Waals surface area contributed by atoms with Gasteiger partial charge in [-0.3, -0.25) is 4.79 Å². The van der Waals surface area contributed by atoms with E-state index in [1.807, 2.05) is 6.92 Å². The lowest BCUT2D eigenvalue weighted by Crippen LogP contribution is -1.96. The van der Waals surface area contributed by atoms with E-state index in [1.54, 1.807) is 6.26 Å². The standard InChI is InChI=1S/C9H11NO2/c1-2-8(11)9-10-7(5-12-9)6-3-4-6/h5-6H,2-4H2,1H3. The highest BCUT2D eigenvalue weighted by molar-refractivity contribution is 5.91. The zero-order valence-corrected chi connectivity index (χ0v) is 7.04. The first-order valence-corrected chi connectivity index (χ1v) is 4.30. The van der Waals surface area contributed by atoms with Crippen LogP contribution in [0, 0.1) is 0 Å². The lowest BCUT2D eigenvalue weighted by Gasteiger charge is -1.86. The highest BCUT2D eigenvalue weighted by Crippen LogP contribution is 2.39. The van der Waals surface area contributed by atoms with E-state index in [4.69, 9.17) is 4.42 Å². The maximum Gasteiger partial charge on any atom is 0.263 e. The van der Waals surface area contributed by atoms with E-state index >= 15 is 0 Å². The third kappa shape index (κ3) is 1.26. The number of rotatable bonds is 3. The van der Waals surface area contributed by atoms with Gasteiger partial charge in [0.15, 0.2) is 0 Å². The SMILES string of the molecule is CCC(=O)c1nc(C2CC2)co1. The summed E-state index contributed by atoms with van der Waals surface area (Å²) in [5, 5.41) is 0. The van der Waals surface area contributed by atoms with E-state index in [1.165, 1.54) is 12.8 Å². The van der Waals surface area contributed by atoms with Crippen LogP contribution in [-0.2, 0) is 0 Å². The quantitative estimate of drug-likeness (QED) is 0.644. The highest BCUT2D eigenvalue weighted by Gasteiger charge is 2.27. The molecule has 2 rings (SSSR count). The third-order valence-corrected chi connectivity index (χ3v) is 2.08. The molecule has 0 saturated heterocycles. The molecule has 1 heterocycles. The van der Waals surface area contributed by atoms with Crippen LogP contribution in [0.5, 0.6) is 0 Å². The van der Waals surface area contributed by atoms with Gasteiger partial charge in [-0.1, -0.05) is 6.92 Å². The number of hydrogen-bond acceptors (Lipinski definition) is 3. The van der Waals surface area contributed by atoms with Gasteiger partial charge in [-0.05, 0) is 12.8 Å². The van der Waals surface area contributed by atoms with Crippen LogP contribution in [0.1, 0.15) is 48.5 Å². The molecule has 64 valence electrons. The minimum atomic E-state index is -0.0121. The van der Waals surface area contributed by atoms with Crippen molar-refractivity contribution in [3.05, 3.63) is 17.8 Å². The van der Waals surface area contributed by atoms with Gasteiger partial charge in [0.05, 0.1) is 5.69 Å². The van der Waals surface area contributed by atoms with Crippen LogP contribution in [0.4, 0.5) is 0 Å². The predicted molar refractivity (Wildman–Crippen MR) is 43.1 cm³/mol. The largest absolute Gasteiger partial charge is 0.442 e. The molecule has 0 radical (unpaired) electrons. The number of aromatic nitrogens is 1. The molecule has 1 fully saturated rings. The minimum Gasteiger partial charge on any atom is -0.442 e. The number of carbonyl (C=O) groups is 1. The van der Waals surface area contributed by atoms with Crippen molar-refractivity contribution in [3.8, 4) is 0 Å². The zero-order valence-electron chi connectivity index (χ0n) is 7.04. The van der Waals surface area contributed by atoms with Crippen LogP contribution in [-0.4, -0.2) is 10.8 Å². The predicted octanol–water partition coefficient (Wildman–Crippen LogP) is 2.14. The molecular formula is C9H11NO2. The summed E-state index contributed by atoms with van der Waals surface area (Å²) in [4.78, 5) is 15.2. The van der Waals surface area contributed by atoms with Crippen molar-refractivity contribution in [3.63, 3.8) is 0 Å². The van der Waals surface area contributed by atoms with Crippen molar-refractivity contribution in [1.82, 2.24) is 4.98 Å². The van der Waals surface area contributed by atoms with Crippen LogP contribution < -0.4 is 0 Å². The highest BCUT2D eigenvalue weighted by atomic mass is 16.3. The molecule has 1 saturated carbocycles. The van der Waals surface area contributed by atoms with Crippen LogP contribution in [0.3, 0.4) is 0 Å². The van der Waals surface area contributed by atoms with E-state index in [-0.39, 0.29) is 11.7 Å². The monoisotopic (exact) mass is 165 g/mol. The molecule has 1 aliphatic rings. The van der Waals surface area contributed by atoms with Gasteiger partial charge < -0.3 is 4.42 Å². The molecule has 1 aliphatic carbocycles. The van der Waals surface area contributed by atoms with Crippen molar-refractivity contribution in [2.75, 3.05) is 0 Å². The van der Waals surface area contributed by atoms with Gasteiger partial charge in [0.1, 0.15) is 6.26 Å². The first kappa shape index (κ1) is 7.53. The average molecular weight is 165 g/mol. The van der Waals surface area contributed by atoms with Crippen LogP contribution in [0.25, 0.3) is 0 Å². The first-order valence-electron chi connectivity index (χ1n) is 4.30. The van der Waals surface area contributed by atoms with E-state index < -0.39 is 0 Å². The fraction of sp³-hybridized carbons (Fsp3) is 0.556. The summed E-state index contributed by atoms with van der Waals surface area (Å²) in [5.74, 6) is 0.827. The summed E-state index contributed by atoms with van der Waals surface area (Å²) >= 11 is 0. The summed E-state index contributed by atoms with van der Waals surface area (Å²) in [6, 6.07) is 0. The van der Waals surface area contributed by atoms with Gasteiger partial charge in [0.2, 0.25) is 5.78 Å². The van der Waals surface area contributed by atoms with Gasteiger partial charge >= 0.3 is 0 Å². The fourth-order valence-electron chi connectivity index (χ4n) is 1.13. The molecule has 0 N–H and O–H groups in total. The Hall–Kier alpha value is -1.12. The number of carbonyl (C=O) groups excluding carboxylic acids is 1. The first-order chi connectivity index (χ1) is 5.81. The summed E-state index contributed by atoms with van der Waals surface area (Å²) in [6.45, 7) is 1.81. The van der Waals surface area contributed by atoms with Gasteiger partial charge in [-0.25, -0.2) is 4.98 Å². The van der Waals surface area contributed by atoms with Crippen molar-refractivity contribution < 1.29 is 9.21 Å². The topological polar surface area (TPSA) is 43.1 Å². The Morgan fingerprint density at radius 1 is 1.75 bits per heavy atom. The zero-order chi connectivity index (χ0) is 8.55. The normalized spacial score (nSPS) is 16.4. The Morgan fingerprint density at radius 3 is 3.08 bits per heavy atom. The molecule has 0 spiro atoms. The number of hydrogen-bond donors (Lipinski definition) is 0. The smallest absolute Gasteiger partial charge is 0.263 e. The second-order valence-corrected chi connectivity index (χ2v) is 3.13. The van der Waals surface area contributed by atoms with Crippen LogP contribution in [0.2, 0.25) is 0 Å². The minimum absolute atomic E-state index is 0.0121. The third-order valence-electron chi connectivity index (χ3n) is 2.08. The molecule has 0 aliphatic heterocycles. The summed E-state index contributed by atoms with van der Waals surface area (Å²) < 4.78 is 5.06. The van der Waals surface area contributed by atoms with E-state index in [9.17, 15) is 4.79 Å². The second-order valence-electron chi connectivity index (χ2n) is 3.13. The average Bonchev–Trinajstić information content (AvgIpc) is 2.83. The molecule has 3 nitrogen and oxygen atoms in total. The van der Waals surface area contributed by atoms with Crippen molar-refractivity contribution in [1.29, 1.82) is 0 Å². The Balaban J connectivity index is 2.17. The molecule has 0 atom stereocenters. The molecule has 0 unspecified atom stereocenters. The maximum atomic E-state index is 11.1. The fourth-order valence-corrected chi connectivity index (χ4v) is 1.13. The van der Waals surface area contributed by atoms with Crippen molar-refractivity contribution in [2.24, 2.45) is 0 Å². The lowest BCUT2D eigenvalue weighted by molar-refractivity contribution is 0.0955. The van der Waals surface area contributed by atoms with Crippen molar-refractivity contribution >= 4 is 5.78 Å². The Labute approximate surface area is 70.8 Å². The molecule has 1 aromatic rings. The van der Waals surface area contributed by atoms with Crippen LogP contribution in [0.15, 0.2) is 10.7 Å². The lowest BCUT2D eigenvalue weighted by atomic mass is 10.3. The summed E-state index contributed by atoms with van der Waals surface area (Å²) in [5.41, 5.74) is 0.951. The van der Waals surface area contributed by atoms with Gasteiger partial charge in [-0.2, -0.15) is 0 Å². The number of ketones is 1. The molecular weight excluding hydrogens is 154 g/mol. The van der Waals surface area contributed by atoms with Crippen LogP contribution >= 0.6 is 0 Å².